The number of carbonyl (C=O) groups is 2. The minimum absolute atomic E-state index is 0.0401. The zero-order valence-electron chi connectivity index (χ0n) is 14.8. The first-order valence-corrected chi connectivity index (χ1v) is 8.01. The number of rotatable bonds is 4. The number of nitrogens with zero attached hydrogens (tertiary/aromatic N) is 5. The van der Waals surface area contributed by atoms with Crippen LogP contribution in [0.5, 0.6) is 0 Å². The Labute approximate surface area is 142 Å². The standard InChI is InChI=1S/C16H25N5O3/c1-12-13(10-17-16(18-12)19(2)3)15(23)21-7-5-6-20(8-9-21)14(22)11-24-4/h10H,5-9,11H2,1-4H3. The van der Waals surface area contributed by atoms with Gasteiger partial charge in [0.1, 0.15) is 6.61 Å². The van der Waals surface area contributed by atoms with Gasteiger partial charge in [0, 0.05) is 53.6 Å². The molecule has 0 spiro atoms. The van der Waals surface area contributed by atoms with E-state index in [9.17, 15) is 9.59 Å². The van der Waals surface area contributed by atoms with Crippen LogP contribution in [-0.2, 0) is 9.53 Å². The summed E-state index contributed by atoms with van der Waals surface area (Å²) >= 11 is 0. The lowest BCUT2D eigenvalue weighted by molar-refractivity contribution is -0.135. The lowest BCUT2D eigenvalue weighted by Gasteiger charge is -2.22. The smallest absolute Gasteiger partial charge is 0.257 e. The number of carbonyl (C=O) groups excluding carboxylic acids is 2. The van der Waals surface area contributed by atoms with Gasteiger partial charge < -0.3 is 19.4 Å². The fourth-order valence-electron chi connectivity index (χ4n) is 2.64. The molecule has 0 saturated carbocycles. The molecule has 24 heavy (non-hydrogen) atoms. The Morgan fingerprint density at radius 2 is 1.88 bits per heavy atom. The summed E-state index contributed by atoms with van der Waals surface area (Å²) in [5, 5.41) is 0. The van der Waals surface area contributed by atoms with Crippen molar-refractivity contribution in [3.05, 3.63) is 17.5 Å². The van der Waals surface area contributed by atoms with Crippen molar-refractivity contribution < 1.29 is 14.3 Å². The maximum absolute atomic E-state index is 12.8. The average molecular weight is 335 g/mol. The topological polar surface area (TPSA) is 78.9 Å². The van der Waals surface area contributed by atoms with E-state index >= 15 is 0 Å². The summed E-state index contributed by atoms with van der Waals surface area (Å²) in [6.07, 6.45) is 2.33. The maximum atomic E-state index is 12.8. The van der Waals surface area contributed by atoms with Gasteiger partial charge in [-0.05, 0) is 13.3 Å². The van der Waals surface area contributed by atoms with E-state index in [2.05, 4.69) is 9.97 Å². The van der Waals surface area contributed by atoms with Crippen LogP contribution in [0.2, 0.25) is 0 Å². The van der Waals surface area contributed by atoms with E-state index < -0.39 is 0 Å². The molecule has 2 amide bonds. The highest BCUT2D eigenvalue weighted by atomic mass is 16.5. The van der Waals surface area contributed by atoms with Crippen molar-refractivity contribution in [2.24, 2.45) is 0 Å². The molecule has 0 radical (unpaired) electrons. The molecule has 132 valence electrons. The number of amides is 2. The van der Waals surface area contributed by atoms with Crippen LogP contribution in [0.1, 0.15) is 22.5 Å². The third-order valence-electron chi connectivity index (χ3n) is 4.00. The molecule has 1 aliphatic rings. The van der Waals surface area contributed by atoms with Crippen molar-refractivity contribution in [1.29, 1.82) is 0 Å². The first kappa shape index (κ1) is 18.1. The molecule has 2 heterocycles. The summed E-state index contributed by atoms with van der Waals surface area (Å²) < 4.78 is 4.90. The lowest BCUT2D eigenvalue weighted by atomic mass is 10.2. The van der Waals surface area contributed by atoms with Crippen molar-refractivity contribution in [3.8, 4) is 0 Å². The van der Waals surface area contributed by atoms with Gasteiger partial charge in [-0.15, -0.1) is 0 Å². The molecule has 1 saturated heterocycles. The minimum Gasteiger partial charge on any atom is -0.375 e. The monoisotopic (exact) mass is 335 g/mol. The third-order valence-corrected chi connectivity index (χ3v) is 4.00. The molecule has 0 bridgehead atoms. The first-order valence-electron chi connectivity index (χ1n) is 8.01. The van der Waals surface area contributed by atoms with Gasteiger partial charge in [0.2, 0.25) is 11.9 Å². The highest BCUT2D eigenvalue weighted by molar-refractivity contribution is 5.95. The van der Waals surface area contributed by atoms with E-state index in [1.165, 1.54) is 7.11 Å². The normalized spacial score (nSPS) is 15.2. The number of hydrogen-bond acceptors (Lipinski definition) is 6. The Kier molecular flexibility index (Phi) is 6.08. The van der Waals surface area contributed by atoms with Gasteiger partial charge in [0.05, 0.1) is 11.3 Å². The van der Waals surface area contributed by atoms with Crippen LogP contribution in [-0.4, -0.2) is 85.6 Å². The molecule has 0 unspecified atom stereocenters. The van der Waals surface area contributed by atoms with Crippen LogP contribution in [0.3, 0.4) is 0 Å². The van der Waals surface area contributed by atoms with Crippen LogP contribution in [0.15, 0.2) is 6.20 Å². The molecule has 1 aliphatic heterocycles. The molecule has 2 rings (SSSR count). The Morgan fingerprint density at radius 1 is 1.21 bits per heavy atom. The molecule has 1 aromatic rings. The highest BCUT2D eigenvalue weighted by Gasteiger charge is 2.24. The number of aryl methyl sites for hydroxylation is 1. The number of anilines is 1. The van der Waals surface area contributed by atoms with Gasteiger partial charge in [-0.2, -0.15) is 0 Å². The summed E-state index contributed by atoms with van der Waals surface area (Å²) in [6.45, 7) is 4.17. The van der Waals surface area contributed by atoms with Gasteiger partial charge >= 0.3 is 0 Å². The number of methoxy groups -OCH3 is 1. The molecule has 0 aromatic carbocycles. The SMILES string of the molecule is COCC(=O)N1CCCN(C(=O)c2cnc(N(C)C)nc2C)CC1. The fourth-order valence-corrected chi connectivity index (χ4v) is 2.64. The van der Waals surface area contributed by atoms with E-state index in [0.29, 0.717) is 43.4 Å². The fraction of sp³-hybridized carbons (Fsp3) is 0.625. The second-order valence-corrected chi connectivity index (χ2v) is 6.02. The highest BCUT2D eigenvalue weighted by Crippen LogP contribution is 2.14. The Hall–Kier alpha value is -2.22. The number of hydrogen-bond donors (Lipinski definition) is 0. The van der Waals surface area contributed by atoms with E-state index in [-0.39, 0.29) is 18.4 Å². The quantitative estimate of drug-likeness (QED) is 0.781. The Balaban J connectivity index is 2.06. The van der Waals surface area contributed by atoms with E-state index in [1.807, 2.05) is 21.0 Å². The first-order chi connectivity index (χ1) is 11.4. The van der Waals surface area contributed by atoms with Crippen molar-refractivity contribution in [3.63, 3.8) is 0 Å². The van der Waals surface area contributed by atoms with Crippen LogP contribution in [0, 0.1) is 6.92 Å². The maximum Gasteiger partial charge on any atom is 0.257 e. The summed E-state index contributed by atoms with van der Waals surface area (Å²) in [5.74, 6) is 0.455. The van der Waals surface area contributed by atoms with Gasteiger partial charge in [-0.1, -0.05) is 0 Å². The van der Waals surface area contributed by atoms with E-state index in [4.69, 9.17) is 4.74 Å². The molecule has 1 fully saturated rings. The zero-order valence-corrected chi connectivity index (χ0v) is 14.8. The van der Waals surface area contributed by atoms with Gasteiger partial charge in [-0.25, -0.2) is 9.97 Å². The molecular formula is C16H25N5O3. The van der Waals surface area contributed by atoms with Gasteiger partial charge in [-0.3, -0.25) is 9.59 Å². The Bertz CT molecular complexity index is 605. The molecule has 0 N–H and O–H groups in total. The third kappa shape index (κ3) is 4.19. The van der Waals surface area contributed by atoms with Crippen LogP contribution < -0.4 is 4.90 Å². The molecule has 0 atom stereocenters. The summed E-state index contributed by atoms with van der Waals surface area (Å²) in [7, 11) is 5.22. The van der Waals surface area contributed by atoms with Crippen LogP contribution >= 0.6 is 0 Å². The van der Waals surface area contributed by atoms with Crippen molar-refractivity contribution in [1.82, 2.24) is 19.8 Å². The Morgan fingerprint density at radius 3 is 2.50 bits per heavy atom. The van der Waals surface area contributed by atoms with Gasteiger partial charge in [0.15, 0.2) is 0 Å². The zero-order chi connectivity index (χ0) is 17.7. The number of ether oxygens (including phenoxy) is 1. The van der Waals surface area contributed by atoms with Crippen molar-refractivity contribution >= 4 is 17.8 Å². The molecule has 8 heteroatoms. The molecular weight excluding hydrogens is 310 g/mol. The molecule has 0 aliphatic carbocycles. The van der Waals surface area contributed by atoms with Crippen molar-refractivity contribution in [2.75, 3.05) is 58.9 Å². The van der Waals surface area contributed by atoms with E-state index in [1.54, 1.807) is 20.9 Å². The predicted molar refractivity (Wildman–Crippen MR) is 90.1 cm³/mol. The van der Waals surface area contributed by atoms with Crippen LogP contribution in [0.25, 0.3) is 0 Å². The lowest BCUT2D eigenvalue weighted by Crippen LogP contribution is -2.39. The minimum atomic E-state index is -0.0844. The van der Waals surface area contributed by atoms with Gasteiger partial charge in [0.25, 0.3) is 5.91 Å². The molecule has 8 nitrogen and oxygen atoms in total. The molecule has 1 aromatic heterocycles. The summed E-state index contributed by atoms with van der Waals surface area (Å²) in [4.78, 5) is 38.6. The average Bonchev–Trinajstić information content (AvgIpc) is 2.80. The van der Waals surface area contributed by atoms with E-state index in [0.717, 1.165) is 6.42 Å². The summed E-state index contributed by atoms with van der Waals surface area (Å²) in [6, 6.07) is 0. The largest absolute Gasteiger partial charge is 0.375 e. The second-order valence-electron chi connectivity index (χ2n) is 6.02. The van der Waals surface area contributed by atoms with Crippen molar-refractivity contribution in [2.45, 2.75) is 13.3 Å². The number of aromatic nitrogens is 2. The predicted octanol–water partition coefficient (Wildman–Crippen LogP) is 0.172. The summed E-state index contributed by atoms with van der Waals surface area (Å²) in [5.41, 5.74) is 1.17. The second kappa shape index (κ2) is 8.05. The van der Waals surface area contributed by atoms with Crippen LogP contribution in [0.4, 0.5) is 5.95 Å².